The van der Waals surface area contributed by atoms with Crippen molar-refractivity contribution in [1.82, 2.24) is 5.32 Å². The highest BCUT2D eigenvalue weighted by atomic mass is 35.5. The first-order chi connectivity index (χ1) is 14.3. The topological polar surface area (TPSA) is 75.7 Å². The van der Waals surface area contributed by atoms with Crippen molar-refractivity contribution < 1.29 is 17.9 Å². The van der Waals surface area contributed by atoms with Crippen LogP contribution >= 0.6 is 11.6 Å². The Labute approximate surface area is 190 Å². The van der Waals surface area contributed by atoms with E-state index >= 15 is 0 Å². The minimum absolute atomic E-state index is 0.0698. The summed E-state index contributed by atoms with van der Waals surface area (Å²) >= 11 is 6.16. The summed E-state index contributed by atoms with van der Waals surface area (Å²) in [5.41, 5.74) is 2.17. The Morgan fingerprint density at radius 2 is 1.84 bits per heavy atom. The number of carbonyl (C=O) groups is 1. The van der Waals surface area contributed by atoms with E-state index in [4.69, 9.17) is 16.3 Å². The van der Waals surface area contributed by atoms with Gasteiger partial charge >= 0.3 is 0 Å². The molecule has 1 atom stereocenters. The standard InChI is InChI=1S/C23H31ClN2O4S/c1-16-11-12-18(15-20(16)24)26(31(6,28)29)17(2)22(27)25-13-14-30-21-10-8-7-9-19(21)23(3,4)5/h7-12,15,17H,13-14H2,1-6H3,(H,25,27). The number of carbonyl (C=O) groups excluding carboxylic acids is 1. The van der Waals surface area contributed by atoms with Crippen LogP contribution in [0.3, 0.4) is 0 Å². The third-order valence-electron chi connectivity index (χ3n) is 4.85. The lowest BCUT2D eigenvalue weighted by molar-refractivity contribution is -0.121. The van der Waals surface area contributed by atoms with E-state index in [9.17, 15) is 13.2 Å². The number of sulfonamides is 1. The van der Waals surface area contributed by atoms with Crippen LogP contribution < -0.4 is 14.4 Å². The van der Waals surface area contributed by atoms with Crippen LogP contribution in [0.1, 0.15) is 38.8 Å². The van der Waals surface area contributed by atoms with Crippen LogP contribution in [0.25, 0.3) is 0 Å². The lowest BCUT2D eigenvalue weighted by Gasteiger charge is -2.28. The summed E-state index contributed by atoms with van der Waals surface area (Å²) in [7, 11) is -3.70. The zero-order valence-electron chi connectivity index (χ0n) is 18.9. The van der Waals surface area contributed by atoms with E-state index in [2.05, 4.69) is 26.1 Å². The second kappa shape index (κ2) is 9.92. The molecule has 0 saturated carbocycles. The maximum Gasteiger partial charge on any atom is 0.243 e. The van der Waals surface area contributed by atoms with E-state index in [0.717, 1.165) is 27.4 Å². The predicted molar refractivity (Wildman–Crippen MR) is 127 cm³/mol. The zero-order chi connectivity index (χ0) is 23.4. The average Bonchev–Trinajstić information content (AvgIpc) is 2.66. The van der Waals surface area contributed by atoms with Crippen molar-refractivity contribution in [2.75, 3.05) is 23.7 Å². The number of anilines is 1. The molecular formula is C23H31ClN2O4S. The highest BCUT2D eigenvalue weighted by Gasteiger charge is 2.29. The van der Waals surface area contributed by atoms with Gasteiger partial charge in [0, 0.05) is 5.02 Å². The molecule has 0 aliphatic rings. The second-order valence-electron chi connectivity index (χ2n) is 8.55. The summed E-state index contributed by atoms with van der Waals surface area (Å²) in [6.07, 6.45) is 1.07. The summed E-state index contributed by atoms with van der Waals surface area (Å²) in [4.78, 5) is 12.7. The molecule has 2 aromatic rings. The van der Waals surface area contributed by atoms with Crippen molar-refractivity contribution >= 4 is 33.2 Å². The third-order valence-corrected chi connectivity index (χ3v) is 6.50. The van der Waals surface area contributed by atoms with Gasteiger partial charge < -0.3 is 10.1 Å². The van der Waals surface area contributed by atoms with Gasteiger partial charge in [-0.3, -0.25) is 9.10 Å². The fourth-order valence-corrected chi connectivity index (χ4v) is 4.56. The van der Waals surface area contributed by atoms with Crippen LogP contribution in [0.4, 0.5) is 5.69 Å². The minimum Gasteiger partial charge on any atom is -0.491 e. The van der Waals surface area contributed by atoms with Gasteiger partial charge in [-0.25, -0.2) is 8.42 Å². The van der Waals surface area contributed by atoms with E-state index < -0.39 is 22.0 Å². The Morgan fingerprint density at radius 3 is 2.42 bits per heavy atom. The highest BCUT2D eigenvalue weighted by Crippen LogP contribution is 2.31. The number of hydrogen-bond donors (Lipinski definition) is 1. The van der Waals surface area contributed by atoms with Gasteiger partial charge in [0.2, 0.25) is 15.9 Å². The number of benzene rings is 2. The van der Waals surface area contributed by atoms with Gasteiger partial charge in [0.15, 0.2) is 0 Å². The Bertz CT molecular complexity index is 1030. The molecule has 1 amide bonds. The molecular weight excluding hydrogens is 436 g/mol. The van der Waals surface area contributed by atoms with Gasteiger partial charge in [0.1, 0.15) is 18.4 Å². The number of nitrogens with zero attached hydrogens (tertiary/aromatic N) is 1. The van der Waals surface area contributed by atoms with Crippen molar-refractivity contribution in [2.24, 2.45) is 0 Å². The Kier molecular flexibility index (Phi) is 8.00. The first kappa shape index (κ1) is 25.0. The average molecular weight is 467 g/mol. The molecule has 170 valence electrons. The van der Waals surface area contributed by atoms with Crippen LogP contribution in [0.2, 0.25) is 5.02 Å². The fourth-order valence-electron chi connectivity index (χ4n) is 3.22. The monoisotopic (exact) mass is 466 g/mol. The number of rotatable bonds is 8. The largest absolute Gasteiger partial charge is 0.491 e. The number of amides is 1. The lowest BCUT2D eigenvalue weighted by atomic mass is 9.86. The Balaban J connectivity index is 2.05. The minimum atomic E-state index is -3.70. The van der Waals surface area contributed by atoms with Crippen molar-refractivity contribution in [1.29, 1.82) is 0 Å². The number of nitrogens with one attached hydrogen (secondary N) is 1. The lowest BCUT2D eigenvalue weighted by Crippen LogP contribution is -2.48. The van der Waals surface area contributed by atoms with Crippen LogP contribution in [-0.4, -0.2) is 39.8 Å². The molecule has 1 unspecified atom stereocenters. The molecule has 0 aromatic heterocycles. The smallest absolute Gasteiger partial charge is 0.243 e. The van der Waals surface area contributed by atoms with Crippen molar-refractivity contribution in [3.05, 3.63) is 58.6 Å². The van der Waals surface area contributed by atoms with Gasteiger partial charge in [0.05, 0.1) is 18.5 Å². The fraction of sp³-hybridized carbons (Fsp3) is 0.435. The molecule has 0 aliphatic heterocycles. The molecule has 0 spiro atoms. The number of hydrogen-bond acceptors (Lipinski definition) is 4. The van der Waals surface area contributed by atoms with Gasteiger partial charge in [-0.15, -0.1) is 0 Å². The SMILES string of the molecule is Cc1ccc(N(C(C)C(=O)NCCOc2ccccc2C(C)(C)C)S(C)(=O)=O)cc1Cl. The summed E-state index contributed by atoms with van der Waals surface area (Å²) < 4.78 is 31.7. The van der Waals surface area contributed by atoms with Crippen molar-refractivity contribution in [3.63, 3.8) is 0 Å². The normalized spacial score (nSPS) is 12.9. The zero-order valence-corrected chi connectivity index (χ0v) is 20.5. The quantitative estimate of drug-likeness (QED) is 0.588. The van der Waals surface area contributed by atoms with Crippen LogP contribution in [0, 0.1) is 6.92 Å². The van der Waals surface area contributed by atoms with Crippen molar-refractivity contribution in [2.45, 2.75) is 46.1 Å². The molecule has 1 N–H and O–H groups in total. The summed E-state index contributed by atoms with van der Waals surface area (Å²) in [6, 6.07) is 11.8. The molecule has 2 rings (SSSR count). The van der Waals surface area contributed by atoms with E-state index in [1.807, 2.05) is 31.2 Å². The molecule has 0 fully saturated rings. The molecule has 31 heavy (non-hydrogen) atoms. The molecule has 0 radical (unpaired) electrons. The Hall–Kier alpha value is -2.25. The number of ether oxygens (including phenoxy) is 1. The Morgan fingerprint density at radius 1 is 1.19 bits per heavy atom. The highest BCUT2D eigenvalue weighted by molar-refractivity contribution is 7.92. The maximum atomic E-state index is 12.7. The third kappa shape index (κ3) is 6.61. The van der Waals surface area contributed by atoms with Crippen LogP contribution in [0.5, 0.6) is 5.75 Å². The van der Waals surface area contributed by atoms with E-state index in [-0.39, 0.29) is 18.6 Å². The number of halogens is 1. The first-order valence-corrected chi connectivity index (χ1v) is 12.3. The maximum absolute atomic E-state index is 12.7. The summed E-state index contributed by atoms with van der Waals surface area (Å²) in [6.45, 7) is 10.2. The van der Waals surface area contributed by atoms with Gasteiger partial charge in [-0.1, -0.05) is 56.6 Å². The van der Waals surface area contributed by atoms with E-state index in [1.54, 1.807) is 25.1 Å². The molecule has 6 nitrogen and oxygen atoms in total. The van der Waals surface area contributed by atoms with E-state index in [0.29, 0.717) is 10.7 Å². The number of aryl methyl sites for hydroxylation is 1. The molecule has 0 aliphatic carbocycles. The second-order valence-corrected chi connectivity index (χ2v) is 10.8. The van der Waals surface area contributed by atoms with E-state index in [1.165, 1.54) is 0 Å². The first-order valence-electron chi connectivity index (χ1n) is 10.1. The van der Waals surface area contributed by atoms with Gasteiger partial charge in [-0.2, -0.15) is 0 Å². The molecule has 0 heterocycles. The molecule has 0 saturated heterocycles. The molecule has 8 heteroatoms. The van der Waals surface area contributed by atoms with Crippen molar-refractivity contribution in [3.8, 4) is 5.75 Å². The predicted octanol–water partition coefficient (Wildman–Crippen LogP) is 4.30. The summed E-state index contributed by atoms with van der Waals surface area (Å²) in [5.74, 6) is 0.346. The molecule has 0 bridgehead atoms. The molecule has 2 aromatic carbocycles. The van der Waals surface area contributed by atoms with Crippen LogP contribution in [0.15, 0.2) is 42.5 Å². The number of para-hydroxylation sites is 1. The van der Waals surface area contributed by atoms with Crippen LogP contribution in [-0.2, 0) is 20.2 Å². The summed E-state index contributed by atoms with van der Waals surface area (Å²) in [5, 5.41) is 3.19. The van der Waals surface area contributed by atoms with Gasteiger partial charge in [-0.05, 0) is 48.6 Å². The van der Waals surface area contributed by atoms with Gasteiger partial charge in [0.25, 0.3) is 0 Å².